The Kier molecular flexibility index (Phi) is 3.13. The predicted octanol–water partition coefficient (Wildman–Crippen LogP) is 1.34. The number of hydrogen-bond acceptors (Lipinski definition) is 5. The Bertz CT molecular complexity index is 726. The van der Waals surface area contributed by atoms with E-state index in [-0.39, 0.29) is 16.9 Å². The van der Waals surface area contributed by atoms with Gasteiger partial charge in [0.25, 0.3) is 10.0 Å². The van der Waals surface area contributed by atoms with Gasteiger partial charge in [-0.1, -0.05) is 0 Å². The van der Waals surface area contributed by atoms with Crippen LogP contribution in [0.15, 0.2) is 29.7 Å². The van der Waals surface area contributed by atoms with Gasteiger partial charge in [-0.2, -0.15) is 22.9 Å². The highest BCUT2D eigenvalue weighted by Gasteiger charge is 2.28. The SMILES string of the molecule is O=S(=O)(Nc1cncc(F)n1)c1ccnn1C1CCC1. The van der Waals surface area contributed by atoms with Gasteiger partial charge in [0.1, 0.15) is 0 Å². The Morgan fingerprint density at radius 2 is 2.15 bits per heavy atom. The van der Waals surface area contributed by atoms with E-state index in [4.69, 9.17) is 0 Å². The van der Waals surface area contributed by atoms with E-state index in [0.29, 0.717) is 0 Å². The van der Waals surface area contributed by atoms with Gasteiger partial charge < -0.3 is 0 Å². The summed E-state index contributed by atoms with van der Waals surface area (Å²) in [7, 11) is -3.86. The van der Waals surface area contributed by atoms with E-state index in [1.807, 2.05) is 0 Å². The molecule has 0 radical (unpaired) electrons. The van der Waals surface area contributed by atoms with E-state index in [1.165, 1.54) is 16.9 Å². The number of nitrogens with one attached hydrogen (secondary N) is 1. The maximum absolute atomic E-state index is 12.9. The van der Waals surface area contributed by atoms with Gasteiger partial charge >= 0.3 is 0 Å². The second-order valence-corrected chi connectivity index (χ2v) is 6.16. The molecule has 0 aromatic carbocycles. The topological polar surface area (TPSA) is 89.8 Å². The van der Waals surface area contributed by atoms with Gasteiger partial charge in [-0.25, -0.2) is 4.68 Å². The van der Waals surface area contributed by atoms with Crippen LogP contribution in [0.4, 0.5) is 10.2 Å². The standard InChI is InChI=1S/C11H12FN5O2S/c12-9-6-13-7-10(15-9)16-20(18,19)11-4-5-14-17(11)8-2-1-3-8/h4-8H,1-3H2,(H,15,16). The molecule has 0 amide bonds. The molecule has 2 aromatic heterocycles. The summed E-state index contributed by atoms with van der Waals surface area (Å²) >= 11 is 0. The molecule has 20 heavy (non-hydrogen) atoms. The second-order valence-electron chi connectivity index (χ2n) is 4.53. The molecule has 1 aliphatic rings. The van der Waals surface area contributed by atoms with Crippen LogP contribution < -0.4 is 4.72 Å². The van der Waals surface area contributed by atoms with Crippen molar-refractivity contribution in [3.05, 3.63) is 30.6 Å². The third-order valence-corrected chi connectivity index (χ3v) is 4.53. The lowest BCUT2D eigenvalue weighted by atomic mass is 9.93. The summed E-state index contributed by atoms with van der Waals surface area (Å²) in [5.41, 5.74) is 0. The molecule has 0 saturated heterocycles. The Balaban J connectivity index is 1.90. The molecule has 9 heteroatoms. The summed E-state index contributed by atoms with van der Waals surface area (Å²) in [6.45, 7) is 0. The molecule has 7 nitrogen and oxygen atoms in total. The fraction of sp³-hybridized carbons (Fsp3) is 0.364. The zero-order valence-corrected chi connectivity index (χ0v) is 11.2. The summed E-state index contributed by atoms with van der Waals surface area (Å²) < 4.78 is 41.2. The largest absolute Gasteiger partial charge is 0.280 e. The monoisotopic (exact) mass is 297 g/mol. The van der Waals surface area contributed by atoms with E-state index < -0.39 is 16.0 Å². The fourth-order valence-corrected chi connectivity index (χ4v) is 3.16. The normalized spacial score (nSPS) is 15.8. The Labute approximate surface area is 114 Å². The number of nitrogens with zero attached hydrogens (tertiary/aromatic N) is 4. The van der Waals surface area contributed by atoms with E-state index in [2.05, 4.69) is 19.8 Å². The summed E-state index contributed by atoms with van der Waals surface area (Å²) in [4.78, 5) is 6.98. The van der Waals surface area contributed by atoms with Gasteiger partial charge in [-0.3, -0.25) is 9.71 Å². The lowest BCUT2D eigenvalue weighted by Crippen LogP contribution is -2.25. The number of sulfonamides is 1. The van der Waals surface area contributed by atoms with Gasteiger partial charge in [-0.15, -0.1) is 0 Å². The minimum absolute atomic E-state index is 0.0493. The molecule has 0 bridgehead atoms. The highest BCUT2D eigenvalue weighted by atomic mass is 32.2. The van der Waals surface area contributed by atoms with Crippen LogP contribution in [0.3, 0.4) is 0 Å². The molecular formula is C11H12FN5O2S. The summed E-state index contributed by atoms with van der Waals surface area (Å²) in [5.74, 6) is -1.01. The van der Waals surface area contributed by atoms with Crippen molar-refractivity contribution < 1.29 is 12.8 Å². The Morgan fingerprint density at radius 1 is 1.35 bits per heavy atom. The lowest BCUT2D eigenvalue weighted by Gasteiger charge is -2.27. The van der Waals surface area contributed by atoms with Crippen LogP contribution in [0.1, 0.15) is 25.3 Å². The fourth-order valence-electron chi connectivity index (χ4n) is 2.00. The molecule has 0 atom stereocenters. The number of anilines is 1. The van der Waals surface area contributed by atoms with Crippen LogP contribution in [0.5, 0.6) is 0 Å². The van der Waals surface area contributed by atoms with Crippen LogP contribution in [-0.2, 0) is 10.0 Å². The molecule has 0 aliphatic heterocycles. The van der Waals surface area contributed by atoms with Gasteiger partial charge in [0.2, 0.25) is 5.95 Å². The molecule has 2 aromatic rings. The first kappa shape index (κ1) is 13.0. The van der Waals surface area contributed by atoms with E-state index in [9.17, 15) is 12.8 Å². The summed E-state index contributed by atoms with van der Waals surface area (Å²) in [6, 6.07) is 1.52. The molecule has 3 rings (SSSR count). The van der Waals surface area contributed by atoms with Crippen molar-refractivity contribution in [3.63, 3.8) is 0 Å². The van der Waals surface area contributed by atoms with Crippen molar-refractivity contribution >= 4 is 15.8 Å². The first-order chi connectivity index (χ1) is 9.56. The zero-order chi connectivity index (χ0) is 14.2. The molecule has 1 aliphatic carbocycles. The van der Waals surface area contributed by atoms with Crippen molar-refractivity contribution in [3.8, 4) is 0 Å². The average Bonchev–Trinajstić information content (AvgIpc) is 2.75. The Morgan fingerprint density at radius 3 is 2.80 bits per heavy atom. The smallest absolute Gasteiger partial charge is 0.261 e. The molecule has 106 valence electrons. The third-order valence-electron chi connectivity index (χ3n) is 3.17. The van der Waals surface area contributed by atoms with Crippen molar-refractivity contribution in [2.45, 2.75) is 30.3 Å². The molecule has 0 unspecified atom stereocenters. The van der Waals surface area contributed by atoms with Gasteiger partial charge in [0, 0.05) is 0 Å². The van der Waals surface area contributed by atoms with E-state index >= 15 is 0 Å². The first-order valence-corrected chi connectivity index (χ1v) is 7.58. The quantitative estimate of drug-likeness (QED) is 0.919. The van der Waals surface area contributed by atoms with Crippen molar-refractivity contribution in [1.29, 1.82) is 0 Å². The highest BCUT2D eigenvalue weighted by Crippen LogP contribution is 2.33. The van der Waals surface area contributed by atoms with Crippen LogP contribution in [0.25, 0.3) is 0 Å². The lowest BCUT2D eigenvalue weighted by molar-refractivity contribution is 0.271. The zero-order valence-electron chi connectivity index (χ0n) is 10.4. The maximum Gasteiger partial charge on any atom is 0.280 e. The van der Waals surface area contributed by atoms with Gasteiger partial charge in [0.05, 0.1) is 24.6 Å². The minimum Gasteiger partial charge on any atom is -0.261 e. The molecule has 1 fully saturated rings. The predicted molar refractivity (Wildman–Crippen MR) is 67.9 cm³/mol. The van der Waals surface area contributed by atoms with Crippen molar-refractivity contribution in [2.75, 3.05) is 4.72 Å². The molecule has 0 spiro atoms. The van der Waals surface area contributed by atoms with Gasteiger partial charge in [-0.05, 0) is 25.3 Å². The maximum atomic E-state index is 12.9. The summed E-state index contributed by atoms with van der Waals surface area (Å²) in [5, 5.41) is 4.10. The molecular weight excluding hydrogens is 285 g/mol. The number of halogens is 1. The van der Waals surface area contributed by atoms with E-state index in [0.717, 1.165) is 31.7 Å². The number of hydrogen-bond donors (Lipinski definition) is 1. The molecule has 1 N–H and O–H groups in total. The van der Waals surface area contributed by atoms with Crippen LogP contribution >= 0.6 is 0 Å². The molecule has 1 saturated carbocycles. The van der Waals surface area contributed by atoms with Crippen LogP contribution in [0.2, 0.25) is 0 Å². The summed E-state index contributed by atoms with van der Waals surface area (Å²) in [6.07, 6.45) is 6.35. The van der Waals surface area contributed by atoms with Gasteiger partial charge in [0.15, 0.2) is 10.8 Å². The number of rotatable bonds is 4. The first-order valence-electron chi connectivity index (χ1n) is 6.10. The average molecular weight is 297 g/mol. The Hall–Kier alpha value is -2.03. The van der Waals surface area contributed by atoms with Crippen LogP contribution in [-0.4, -0.2) is 28.2 Å². The van der Waals surface area contributed by atoms with E-state index in [1.54, 1.807) is 0 Å². The second kappa shape index (κ2) is 4.82. The molecule has 2 heterocycles. The number of aromatic nitrogens is 4. The van der Waals surface area contributed by atoms with Crippen molar-refractivity contribution in [2.24, 2.45) is 0 Å². The highest BCUT2D eigenvalue weighted by molar-refractivity contribution is 7.92. The third kappa shape index (κ3) is 2.36. The van der Waals surface area contributed by atoms with Crippen LogP contribution in [0, 0.1) is 5.95 Å². The minimum atomic E-state index is -3.86. The van der Waals surface area contributed by atoms with Crippen molar-refractivity contribution in [1.82, 2.24) is 19.7 Å².